The number of hydrogen-bond donors (Lipinski definition) is 0. The molecule has 0 aliphatic heterocycles. The average Bonchev–Trinajstić information content (AvgIpc) is 2.86. The van der Waals surface area contributed by atoms with Gasteiger partial charge in [0.05, 0.1) is 24.2 Å². The van der Waals surface area contributed by atoms with Gasteiger partial charge in [0, 0.05) is 20.9 Å². The normalized spacial score (nSPS) is 11.4. The van der Waals surface area contributed by atoms with Crippen LogP contribution in [-0.4, -0.2) is 23.0 Å². The number of hydrogen-bond acceptors (Lipinski definition) is 5. The van der Waals surface area contributed by atoms with Crippen molar-refractivity contribution in [2.75, 3.05) is 7.11 Å². The van der Waals surface area contributed by atoms with Crippen molar-refractivity contribution < 1.29 is 13.9 Å². The van der Waals surface area contributed by atoms with Gasteiger partial charge in [-0.05, 0) is 64.3 Å². The maximum Gasteiger partial charge on any atom is 0.282 e. The number of rotatable bonds is 8. The van der Waals surface area contributed by atoms with E-state index in [2.05, 4.69) is 41.9 Å². The first kappa shape index (κ1) is 26.3. The Balaban J connectivity index is 1.72. The fraction of sp³-hybridized carbons (Fsp3) is 0.192. The van der Waals surface area contributed by atoms with E-state index in [1.807, 2.05) is 13.0 Å². The minimum atomic E-state index is -0.352. The molecule has 1 heterocycles. The predicted molar refractivity (Wildman–Crippen MR) is 147 cm³/mol. The van der Waals surface area contributed by atoms with E-state index in [1.54, 1.807) is 30.3 Å². The maximum atomic E-state index is 13.5. The van der Waals surface area contributed by atoms with Gasteiger partial charge in [0.25, 0.3) is 5.56 Å². The standard InChI is InChI=1S/C26H21Br2ClFN3O3/c1-3-5-22-32-20-9-8-17(27)12-19(20)26(34)33(22)31-13-16-11-21(35-2)25(24(29)23(16)28)36-14-15-6-4-7-18(30)10-15/h4,6-13H,3,5,14H2,1-2H3. The lowest BCUT2D eigenvalue weighted by Gasteiger charge is -2.15. The van der Waals surface area contributed by atoms with Gasteiger partial charge in [-0.25, -0.2) is 9.37 Å². The van der Waals surface area contributed by atoms with Crippen LogP contribution < -0.4 is 15.0 Å². The lowest BCUT2D eigenvalue weighted by molar-refractivity contribution is 0.284. The Kier molecular flexibility index (Phi) is 8.43. The first-order valence-electron chi connectivity index (χ1n) is 11.0. The summed E-state index contributed by atoms with van der Waals surface area (Å²) in [5.41, 5.74) is 1.56. The topological polar surface area (TPSA) is 65.7 Å². The van der Waals surface area contributed by atoms with Gasteiger partial charge >= 0.3 is 0 Å². The van der Waals surface area contributed by atoms with E-state index >= 15 is 0 Å². The van der Waals surface area contributed by atoms with Gasteiger partial charge in [-0.2, -0.15) is 9.78 Å². The second kappa shape index (κ2) is 11.5. The van der Waals surface area contributed by atoms with Crippen LogP contribution in [0.3, 0.4) is 0 Å². The number of fused-ring (bicyclic) bond motifs is 1. The lowest BCUT2D eigenvalue weighted by Crippen LogP contribution is -2.22. The van der Waals surface area contributed by atoms with Crippen LogP contribution in [0.2, 0.25) is 5.02 Å². The van der Waals surface area contributed by atoms with Gasteiger partial charge in [-0.1, -0.05) is 46.6 Å². The minimum Gasteiger partial charge on any atom is -0.493 e. The molecule has 0 atom stereocenters. The van der Waals surface area contributed by atoms with Crippen LogP contribution in [0.15, 0.2) is 67.4 Å². The molecule has 4 rings (SSSR count). The van der Waals surface area contributed by atoms with Gasteiger partial charge in [0.15, 0.2) is 11.5 Å². The van der Waals surface area contributed by atoms with Crippen LogP contribution in [0.5, 0.6) is 11.5 Å². The highest BCUT2D eigenvalue weighted by molar-refractivity contribution is 9.10. The third kappa shape index (κ3) is 5.63. The van der Waals surface area contributed by atoms with Gasteiger partial charge < -0.3 is 9.47 Å². The van der Waals surface area contributed by atoms with Crippen molar-refractivity contribution in [3.63, 3.8) is 0 Å². The number of aryl methyl sites for hydroxylation is 1. The molecule has 3 aromatic carbocycles. The summed E-state index contributed by atoms with van der Waals surface area (Å²) in [6.45, 7) is 2.11. The van der Waals surface area contributed by atoms with E-state index in [4.69, 9.17) is 21.1 Å². The molecule has 0 unspecified atom stereocenters. The Morgan fingerprint density at radius 2 is 2.00 bits per heavy atom. The van der Waals surface area contributed by atoms with Crippen molar-refractivity contribution in [2.24, 2.45) is 5.10 Å². The molecule has 10 heteroatoms. The van der Waals surface area contributed by atoms with Crippen molar-refractivity contribution >= 4 is 60.6 Å². The Morgan fingerprint density at radius 3 is 2.72 bits per heavy atom. The molecule has 36 heavy (non-hydrogen) atoms. The van der Waals surface area contributed by atoms with Crippen molar-refractivity contribution in [1.82, 2.24) is 9.66 Å². The average molecular weight is 638 g/mol. The Morgan fingerprint density at radius 1 is 1.19 bits per heavy atom. The molecule has 1 aromatic heterocycles. The Bertz CT molecular complexity index is 1530. The van der Waals surface area contributed by atoms with Gasteiger partial charge in [0.1, 0.15) is 23.3 Å². The lowest BCUT2D eigenvalue weighted by atomic mass is 10.2. The highest BCUT2D eigenvalue weighted by Crippen LogP contribution is 2.42. The van der Waals surface area contributed by atoms with Crippen molar-refractivity contribution in [1.29, 1.82) is 0 Å². The smallest absolute Gasteiger partial charge is 0.282 e. The second-order valence-corrected chi connectivity index (χ2v) is 9.93. The molecule has 0 amide bonds. The van der Waals surface area contributed by atoms with Gasteiger partial charge in [0.2, 0.25) is 0 Å². The van der Waals surface area contributed by atoms with Crippen molar-refractivity contribution in [3.05, 3.63) is 95.6 Å². The van der Waals surface area contributed by atoms with E-state index in [-0.39, 0.29) is 23.0 Å². The molecule has 0 saturated heterocycles. The molecule has 0 spiro atoms. The zero-order valence-corrected chi connectivity index (χ0v) is 23.3. The van der Waals surface area contributed by atoms with Crippen molar-refractivity contribution in [3.8, 4) is 11.5 Å². The van der Waals surface area contributed by atoms with E-state index in [0.29, 0.717) is 50.2 Å². The maximum absolute atomic E-state index is 13.5. The largest absolute Gasteiger partial charge is 0.493 e. The van der Waals surface area contributed by atoms with Crippen LogP contribution >= 0.6 is 43.5 Å². The third-order valence-electron chi connectivity index (χ3n) is 5.31. The van der Waals surface area contributed by atoms with Crippen molar-refractivity contribution in [2.45, 2.75) is 26.4 Å². The summed E-state index contributed by atoms with van der Waals surface area (Å²) in [6, 6.07) is 13.2. The van der Waals surface area contributed by atoms with Gasteiger partial charge in [-0.15, -0.1) is 0 Å². The molecule has 4 aromatic rings. The van der Waals surface area contributed by atoms with E-state index in [1.165, 1.54) is 30.1 Å². The summed E-state index contributed by atoms with van der Waals surface area (Å²) < 4.78 is 27.4. The zero-order valence-electron chi connectivity index (χ0n) is 19.4. The number of benzene rings is 3. The summed E-state index contributed by atoms with van der Waals surface area (Å²) >= 11 is 13.5. The van der Waals surface area contributed by atoms with Gasteiger partial charge in [-0.3, -0.25) is 4.79 Å². The molecule has 0 saturated carbocycles. The minimum absolute atomic E-state index is 0.0990. The van der Waals surface area contributed by atoms with Crippen LogP contribution in [-0.2, 0) is 13.0 Å². The molecule has 0 aliphatic rings. The zero-order chi connectivity index (χ0) is 25.8. The molecular weight excluding hydrogens is 617 g/mol. The molecule has 0 radical (unpaired) electrons. The van der Waals surface area contributed by atoms with E-state index < -0.39 is 0 Å². The summed E-state index contributed by atoms with van der Waals surface area (Å²) in [5, 5.41) is 5.17. The Hall–Kier alpha value is -2.75. The Labute approximate surface area is 229 Å². The number of nitrogens with zero attached hydrogens (tertiary/aromatic N) is 3. The number of aromatic nitrogens is 2. The number of methoxy groups -OCH3 is 1. The van der Waals surface area contributed by atoms with Crippen LogP contribution in [0.1, 0.15) is 30.3 Å². The molecule has 0 N–H and O–H groups in total. The van der Waals surface area contributed by atoms with Crippen LogP contribution in [0.25, 0.3) is 10.9 Å². The molecule has 6 nitrogen and oxygen atoms in total. The molecule has 0 fully saturated rings. The summed E-state index contributed by atoms with van der Waals surface area (Å²) in [5.74, 6) is 0.865. The second-order valence-electron chi connectivity index (χ2n) is 7.84. The number of ether oxygens (including phenoxy) is 2. The van der Waals surface area contributed by atoms with Crippen LogP contribution in [0.4, 0.5) is 4.39 Å². The fourth-order valence-corrected chi connectivity index (χ4v) is 4.60. The fourth-order valence-electron chi connectivity index (χ4n) is 3.59. The SMILES string of the molecule is CCCc1nc2ccc(Br)cc2c(=O)n1N=Cc1cc(OC)c(OCc2cccc(F)c2)c(Cl)c1Br. The summed E-state index contributed by atoms with van der Waals surface area (Å²) in [6.07, 6.45) is 2.89. The third-order valence-corrected chi connectivity index (χ3v) is 7.25. The summed E-state index contributed by atoms with van der Waals surface area (Å²) in [4.78, 5) is 17.9. The van der Waals surface area contributed by atoms with Crippen LogP contribution in [0, 0.1) is 5.82 Å². The number of halogens is 4. The molecule has 186 valence electrons. The highest BCUT2D eigenvalue weighted by atomic mass is 79.9. The monoisotopic (exact) mass is 635 g/mol. The quantitative estimate of drug-likeness (QED) is 0.193. The van der Waals surface area contributed by atoms with E-state index in [9.17, 15) is 9.18 Å². The van der Waals surface area contributed by atoms with E-state index in [0.717, 1.165) is 10.9 Å². The molecular formula is C26H21Br2ClFN3O3. The highest BCUT2D eigenvalue weighted by Gasteiger charge is 2.18. The first-order chi connectivity index (χ1) is 17.3. The predicted octanol–water partition coefficient (Wildman–Crippen LogP) is 7.14. The molecule has 0 bridgehead atoms. The summed E-state index contributed by atoms with van der Waals surface area (Å²) in [7, 11) is 1.49. The first-order valence-corrected chi connectivity index (χ1v) is 13.0. The molecule has 0 aliphatic carbocycles.